The molecule has 18 heavy (non-hydrogen) atoms. The Kier molecular flexibility index (Phi) is 3.16. The second-order valence-corrected chi connectivity index (χ2v) is 5.09. The first-order valence-electron chi connectivity index (χ1n) is 6.66. The molecule has 1 heteroatoms. The third kappa shape index (κ3) is 2.32. The molecular formula is C17H18O. The molecule has 0 saturated carbocycles. The van der Waals surface area contributed by atoms with E-state index >= 15 is 0 Å². The Morgan fingerprint density at radius 1 is 0.944 bits per heavy atom. The first-order chi connectivity index (χ1) is 8.83. The summed E-state index contributed by atoms with van der Waals surface area (Å²) >= 11 is 0. The smallest absolute Gasteiger partial charge is 0.0830 e. The van der Waals surface area contributed by atoms with Crippen molar-refractivity contribution in [3.8, 4) is 0 Å². The molecule has 0 aromatic heterocycles. The molecule has 0 fully saturated rings. The average Bonchev–Trinajstić information content (AvgIpc) is 2.87. The van der Waals surface area contributed by atoms with Gasteiger partial charge in [-0.2, -0.15) is 0 Å². The van der Waals surface area contributed by atoms with Gasteiger partial charge in [-0.15, -0.1) is 0 Å². The van der Waals surface area contributed by atoms with Gasteiger partial charge in [0.05, 0.1) is 6.10 Å². The molecule has 1 atom stereocenters. The van der Waals surface area contributed by atoms with Gasteiger partial charge < -0.3 is 5.11 Å². The van der Waals surface area contributed by atoms with Gasteiger partial charge in [-0.1, -0.05) is 48.5 Å². The molecule has 0 heterocycles. The van der Waals surface area contributed by atoms with Gasteiger partial charge >= 0.3 is 0 Å². The number of benzene rings is 2. The van der Waals surface area contributed by atoms with Gasteiger partial charge in [0.15, 0.2) is 0 Å². The third-order valence-electron chi connectivity index (χ3n) is 3.78. The molecule has 1 nitrogen and oxygen atoms in total. The van der Waals surface area contributed by atoms with E-state index < -0.39 is 6.10 Å². The fourth-order valence-corrected chi connectivity index (χ4v) is 2.75. The van der Waals surface area contributed by atoms with Crippen molar-refractivity contribution in [3.63, 3.8) is 0 Å². The van der Waals surface area contributed by atoms with E-state index in [1.54, 1.807) is 0 Å². The summed E-state index contributed by atoms with van der Waals surface area (Å²) in [5.41, 5.74) is 5.13. The monoisotopic (exact) mass is 238 g/mol. The fraction of sp³-hybridized carbons (Fsp3) is 0.294. The van der Waals surface area contributed by atoms with Crippen LogP contribution in [0.2, 0.25) is 0 Å². The van der Waals surface area contributed by atoms with E-state index in [9.17, 15) is 5.11 Å². The van der Waals surface area contributed by atoms with Crippen LogP contribution in [0.3, 0.4) is 0 Å². The number of rotatable bonds is 3. The van der Waals surface area contributed by atoms with Gasteiger partial charge in [-0.3, -0.25) is 0 Å². The minimum Gasteiger partial charge on any atom is -0.388 e. The summed E-state index contributed by atoms with van der Waals surface area (Å²) < 4.78 is 0. The van der Waals surface area contributed by atoms with E-state index in [2.05, 4.69) is 30.3 Å². The summed E-state index contributed by atoms with van der Waals surface area (Å²) in [7, 11) is 0. The summed E-state index contributed by atoms with van der Waals surface area (Å²) in [5.74, 6) is 0. The van der Waals surface area contributed by atoms with Crippen molar-refractivity contribution in [1.82, 2.24) is 0 Å². The van der Waals surface area contributed by atoms with Gasteiger partial charge in [0, 0.05) is 6.42 Å². The maximum atomic E-state index is 10.3. The zero-order valence-corrected chi connectivity index (χ0v) is 10.5. The van der Waals surface area contributed by atoms with Crippen molar-refractivity contribution in [2.75, 3.05) is 0 Å². The first-order valence-corrected chi connectivity index (χ1v) is 6.66. The Labute approximate surface area is 108 Å². The molecule has 0 aliphatic heterocycles. The normalized spacial score (nSPS) is 15.4. The van der Waals surface area contributed by atoms with Crippen molar-refractivity contribution in [3.05, 3.63) is 70.8 Å². The number of hydrogen-bond acceptors (Lipinski definition) is 1. The fourth-order valence-electron chi connectivity index (χ4n) is 2.75. The molecule has 0 saturated heterocycles. The van der Waals surface area contributed by atoms with E-state index in [1.165, 1.54) is 36.0 Å². The number of aryl methyl sites for hydroxylation is 2. The number of fused-ring (bicyclic) bond motifs is 1. The molecular weight excluding hydrogens is 220 g/mol. The number of aliphatic hydroxyl groups excluding tert-OH is 1. The molecule has 0 bridgehead atoms. The summed E-state index contributed by atoms with van der Waals surface area (Å²) in [5, 5.41) is 10.3. The molecule has 3 rings (SSSR count). The van der Waals surface area contributed by atoms with Crippen LogP contribution in [-0.2, 0) is 19.3 Å². The molecule has 0 spiro atoms. The quantitative estimate of drug-likeness (QED) is 0.868. The van der Waals surface area contributed by atoms with E-state index in [0.717, 1.165) is 5.56 Å². The predicted molar refractivity (Wildman–Crippen MR) is 73.6 cm³/mol. The predicted octanol–water partition coefficient (Wildman–Crippen LogP) is 3.45. The lowest BCUT2D eigenvalue weighted by Crippen LogP contribution is -2.02. The topological polar surface area (TPSA) is 20.2 Å². The van der Waals surface area contributed by atoms with Crippen LogP contribution in [0.5, 0.6) is 0 Å². The highest BCUT2D eigenvalue weighted by Gasteiger charge is 2.14. The van der Waals surface area contributed by atoms with E-state index in [-0.39, 0.29) is 0 Å². The lowest BCUT2D eigenvalue weighted by molar-refractivity contribution is 0.178. The van der Waals surface area contributed by atoms with E-state index in [1.807, 2.05) is 18.2 Å². The standard InChI is InChI=1S/C17H18O/c18-17(11-13-5-2-1-3-6-13)16-10-9-14-7-4-8-15(14)12-16/h1-3,5-6,9-10,12,17-18H,4,7-8,11H2. The molecule has 1 aliphatic carbocycles. The van der Waals surface area contributed by atoms with Crippen LogP contribution in [0.1, 0.15) is 34.8 Å². The zero-order chi connectivity index (χ0) is 12.4. The van der Waals surface area contributed by atoms with Crippen molar-refractivity contribution in [1.29, 1.82) is 0 Å². The Bertz CT molecular complexity index is 531. The van der Waals surface area contributed by atoms with Gasteiger partial charge in [0.1, 0.15) is 0 Å². The summed E-state index contributed by atoms with van der Waals surface area (Å²) in [4.78, 5) is 0. The molecule has 92 valence electrons. The van der Waals surface area contributed by atoms with Crippen molar-refractivity contribution in [2.45, 2.75) is 31.8 Å². The van der Waals surface area contributed by atoms with Crippen LogP contribution < -0.4 is 0 Å². The highest BCUT2D eigenvalue weighted by Crippen LogP contribution is 2.26. The van der Waals surface area contributed by atoms with Gasteiger partial charge in [-0.25, -0.2) is 0 Å². The molecule has 2 aromatic rings. The van der Waals surface area contributed by atoms with Crippen LogP contribution in [0, 0.1) is 0 Å². The minimum absolute atomic E-state index is 0.390. The Hall–Kier alpha value is -1.60. The lowest BCUT2D eigenvalue weighted by atomic mass is 9.98. The average molecular weight is 238 g/mol. The molecule has 0 amide bonds. The van der Waals surface area contributed by atoms with Crippen LogP contribution in [0.15, 0.2) is 48.5 Å². The summed E-state index contributed by atoms with van der Waals surface area (Å²) in [6, 6.07) is 16.6. The van der Waals surface area contributed by atoms with Gasteiger partial charge in [-0.05, 0) is 41.5 Å². The van der Waals surface area contributed by atoms with Crippen molar-refractivity contribution >= 4 is 0 Å². The molecule has 2 aromatic carbocycles. The Balaban J connectivity index is 1.78. The second-order valence-electron chi connectivity index (χ2n) is 5.09. The minimum atomic E-state index is -0.390. The molecule has 1 aliphatic rings. The molecule has 0 radical (unpaired) electrons. The van der Waals surface area contributed by atoms with Gasteiger partial charge in [0.25, 0.3) is 0 Å². The van der Waals surface area contributed by atoms with Crippen LogP contribution >= 0.6 is 0 Å². The number of aliphatic hydroxyl groups is 1. The number of hydrogen-bond donors (Lipinski definition) is 1. The largest absolute Gasteiger partial charge is 0.388 e. The van der Waals surface area contributed by atoms with Crippen LogP contribution in [0.25, 0.3) is 0 Å². The summed E-state index contributed by atoms with van der Waals surface area (Å²) in [6.07, 6.45) is 3.93. The second kappa shape index (κ2) is 4.95. The third-order valence-corrected chi connectivity index (χ3v) is 3.78. The first kappa shape index (κ1) is 11.5. The SMILES string of the molecule is OC(Cc1ccccc1)c1ccc2c(c1)CCC2. The van der Waals surface area contributed by atoms with Gasteiger partial charge in [0.2, 0.25) is 0 Å². The Morgan fingerprint density at radius 2 is 1.72 bits per heavy atom. The van der Waals surface area contributed by atoms with E-state index in [4.69, 9.17) is 0 Å². The van der Waals surface area contributed by atoms with Crippen molar-refractivity contribution < 1.29 is 5.11 Å². The molecule has 1 unspecified atom stereocenters. The Morgan fingerprint density at radius 3 is 2.56 bits per heavy atom. The van der Waals surface area contributed by atoms with Crippen molar-refractivity contribution in [2.24, 2.45) is 0 Å². The van der Waals surface area contributed by atoms with E-state index in [0.29, 0.717) is 6.42 Å². The maximum Gasteiger partial charge on any atom is 0.0830 e. The summed E-state index contributed by atoms with van der Waals surface area (Å²) in [6.45, 7) is 0. The van der Waals surface area contributed by atoms with Crippen LogP contribution in [-0.4, -0.2) is 5.11 Å². The highest BCUT2D eigenvalue weighted by atomic mass is 16.3. The van der Waals surface area contributed by atoms with Crippen LogP contribution in [0.4, 0.5) is 0 Å². The maximum absolute atomic E-state index is 10.3. The highest BCUT2D eigenvalue weighted by molar-refractivity contribution is 5.36. The zero-order valence-electron chi connectivity index (χ0n) is 10.5. The molecule has 1 N–H and O–H groups in total. The lowest BCUT2D eigenvalue weighted by Gasteiger charge is -2.12.